The molecule has 0 radical (unpaired) electrons. The van der Waals surface area contributed by atoms with E-state index in [1.807, 2.05) is 24.0 Å². The molecular formula is C16H24Cl2N2O2. The zero-order valence-corrected chi connectivity index (χ0v) is 14.4. The van der Waals surface area contributed by atoms with Gasteiger partial charge in [-0.05, 0) is 37.8 Å². The molecule has 2 rings (SSSR count). The standard InChI is InChI=1S/C16H23ClN2O2.ClH/c1-12(18)13-6-9-19(10-7-13)16(20)8-11-21-15-5-3-2-4-14(15)17;/h2-5,12-13H,6-11,18H2,1H3;1H. The fraction of sp³-hybridized carbons (Fsp3) is 0.562. The normalized spacial score (nSPS) is 16.8. The number of halogens is 2. The van der Waals surface area contributed by atoms with Crippen LogP contribution in [-0.2, 0) is 4.79 Å². The number of hydrogen-bond donors (Lipinski definition) is 1. The number of nitrogens with two attached hydrogens (primary N) is 1. The van der Waals surface area contributed by atoms with Crippen LogP contribution in [0.15, 0.2) is 24.3 Å². The minimum atomic E-state index is 0. The fourth-order valence-corrected chi connectivity index (χ4v) is 2.83. The first-order valence-electron chi connectivity index (χ1n) is 7.48. The van der Waals surface area contributed by atoms with Gasteiger partial charge < -0.3 is 15.4 Å². The Morgan fingerprint density at radius 2 is 2.05 bits per heavy atom. The highest BCUT2D eigenvalue weighted by Gasteiger charge is 2.24. The number of hydrogen-bond acceptors (Lipinski definition) is 3. The Kier molecular flexibility index (Phi) is 8.01. The molecule has 22 heavy (non-hydrogen) atoms. The maximum Gasteiger partial charge on any atom is 0.225 e. The average molecular weight is 347 g/mol. The molecule has 0 bridgehead atoms. The highest BCUT2D eigenvalue weighted by atomic mass is 35.5. The Hall–Kier alpha value is -0.970. The van der Waals surface area contributed by atoms with E-state index in [9.17, 15) is 4.79 Å². The van der Waals surface area contributed by atoms with E-state index in [0.717, 1.165) is 25.9 Å². The number of nitrogens with zero attached hydrogens (tertiary/aromatic N) is 1. The van der Waals surface area contributed by atoms with Gasteiger partial charge in [0.05, 0.1) is 18.1 Å². The summed E-state index contributed by atoms with van der Waals surface area (Å²) in [5.41, 5.74) is 5.91. The molecule has 1 saturated heterocycles. The molecule has 1 aromatic rings. The van der Waals surface area contributed by atoms with Crippen LogP contribution in [0.2, 0.25) is 5.02 Å². The van der Waals surface area contributed by atoms with Crippen LogP contribution >= 0.6 is 24.0 Å². The largest absolute Gasteiger partial charge is 0.491 e. The molecule has 124 valence electrons. The number of carbonyl (C=O) groups excluding carboxylic acids is 1. The van der Waals surface area contributed by atoms with Crippen molar-refractivity contribution in [1.82, 2.24) is 4.90 Å². The van der Waals surface area contributed by atoms with Gasteiger partial charge in [-0.25, -0.2) is 0 Å². The lowest BCUT2D eigenvalue weighted by Gasteiger charge is -2.33. The molecule has 4 nitrogen and oxygen atoms in total. The van der Waals surface area contributed by atoms with E-state index in [0.29, 0.717) is 29.7 Å². The number of likely N-dealkylation sites (tertiary alicyclic amines) is 1. The summed E-state index contributed by atoms with van der Waals surface area (Å²) in [4.78, 5) is 14.0. The maximum absolute atomic E-state index is 12.1. The topological polar surface area (TPSA) is 55.6 Å². The van der Waals surface area contributed by atoms with Crippen molar-refractivity contribution in [3.05, 3.63) is 29.3 Å². The summed E-state index contributed by atoms with van der Waals surface area (Å²) in [5.74, 6) is 1.31. The van der Waals surface area contributed by atoms with Crippen LogP contribution < -0.4 is 10.5 Å². The second-order valence-electron chi connectivity index (χ2n) is 5.61. The summed E-state index contributed by atoms with van der Waals surface area (Å²) in [6, 6.07) is 7.51. The monoisotopic (exact) mass is 346 g/mol. The van der Waals surface area contributed by atoms with Crippen LogP contribution in [0, 0.1) is 5.92 Å². The van der Waals surface area contributed by atoms with Gasteiger partial charge in [0.2, 0.25) is 5.91 Å². The van der Waals surface area contributed by atoms with E-state index >= 15 is 0 Å². The predicted molar refractivity (Wildman–Crippen MR) is 91.8 cm³/mol. The van der Waals surface area contributed by atoms with Crippen LogP contribution in [0.3, 0.4) is 0 Å². The fourth-order valence-electron chi connectivity index (χ4n) is 2.64. The SMILES string of the molecule is CC(N)C1CCN(C(=O)CCOc2ccccc2Cl)CC1.Cl. The van der Waals surface area contributed by atoms with Gasteiger partial charge in [0.15, 0.2) is 0 Å². The third kappa shape index (κ3) is 5.34. The number of para-hydroxylation sites is 1. The van der Waals surface area contributed by atoms with Crippen molar-refractivity contribution >= 4 is 29.9 Å². The second-order valence-corrected chi connectivity index (χ2v) is 6.01. The van der Waals surface area contributed by atoms with Crippen molar-refractivity contribution in [2.75, 3.05) is 19.7 Å². The summed E-state index contributed by atoms with van der Waals surface area (Å²) in [6.45, 7) is 4.00. The highest BCUT2D eigenvalue weighted by molar-refractivity contribution is 6.32. The zero-order chi connectivity index (χ0) is 15.2. The van der Waals surface area contributed by atoms with Crippen molar-refractivity contribution in [1.29, 1.82) is 0 Å². The third-order valence-corrected chi connectivity index (χ3v) is 4.36. The first-order chi connectivity index (χ1) is 10.1. The molecule has 0 spiro atoms. The lowest BCUT2D eigenvalue weighted by Crippen LogP contribution is -2.42. The van der Waals surface area contributed by atoms with Gasteiger partial charge >= 0.3 is 0 Å². The lowest BCUT2D eigenvalue weighted by atomic mass is 9.91. The van der Waals surface area contributed by atoms with Crippen molar-refractivity contribution in [2.24, 2.45) is 11.7 Å². The molecule has 1 aromatic carbocycles. The second kappa shape index (κ2) is 9.23. The molecule has 1 heterocycles. The van der Waals surface area contributed by atoms with Gasteiger partial charge in [-0.2, -0.15) is 0 Å². The Labute approximate surface area is 143 Å². The highest BCUT2D eigenvalue weighted by Crippen LogP contribution is 2.23. The van der Waals surface area contributed by atoms with E-state index in [2.05, 4.69) is 0 Å². The van der Waals surface area contributed by atoms with Crippen LogP contribution in [0.25, 0.3) is 0 Å². The predicted octanol–water partition coefficient (Wildman–Crippen LogP) is 3.12. The van der Waals surface area contributed by atoms with E-state index in [4.69, 9.17) is 22.1 Å². The molecule has 1 amide bonds. The molecule has 1 atom stereocenters. The Morgan fingerprint density at radius 3 is 2.64 bits per heavy atom. The Morgan fingerprint density at radius 1 is 1.41 bits per heavy atom. The van der Waals surface area contributed by atoms with Crippen molar-refractivity contribution in [2.45, 2.75) is 32.2 Å². The lowest BCUT2D eigenvalue weighted by molar-refractivity contribution is -0.133. The molecule has 0 aromatic heterocycles. The van der Waals surface area contributed by atoms with Crippen molar-refractivity contribution < 1.29 is 9.53 Å². The zero-order valence-electron chi connectivity index (χ0n) is 12.8. The number of carbonyl (C=O) groups is 1. The molecular weight excluding hydrogens is 323 g/mol. The van der Waals surface area contributed by atoms with E-state index in [1.54, 1.807) is 12.1 Å². The summed E-state index contributed by atoms with van der Waals surface area (Å²) < 4.78 is 5.56. The van der Waals surface area contributed by atoms with E-state index < -0.39 is 0 Å². The first kappa shape index (κ1) is 19.1. The molecule has 2 N–H and O–H groups in total. The smallest absolute Gasteiger partial charge is 0.225 e. The number of piperidine rings is 1. The molecule has 0 saturated carbocycles. The van der Waals surface area contributed by atoms with Gasteiger partial charge in [-0.15, -0.1) is 12.4 Å². The third-order valence-electron chi connectivity index (χ3n) is 4.05. The van der Waals surface area contributed by atoms with Crippen LogP contribution in [0.5, 0.6) is 5.75 Å². The van der Waals surface area contributed by atoms with Gasteiger partial charge in [-0.1, -0.05) is 23.7 Å². The average Bonchev–Trinajstić information content (AvgIpc) is 2.49. The molecule has 1 unspecified atom stereocenters. The summed E-state index contributed by atoms with van der Waals surface area (Å²) in [5, 5.41) is 0.572. The molecule has 0 aliphatic carbocycles. The van der Waals surface area contributed by atoms with Crippen LogP contribution in [0.4, 0.5) is 0 Å². The van der Waals surface area contributed by atoms with E-state index in [1.165, 1.54) is 0 Å². The molecule has 1 fully saturated rings. The first-order valence-corrected chi connectivity index (χ1v) is 7.86. The minimum Gasteiger partial charge on any atom is -0.491 e. The molecule has 6 heteroatoms. The summed E-state index contributed by atoms with van der Waals surface area (Å²) in [7, 11) is 0. The Bertz CT molecular complexity index is 475. The van der Waals surface area contributed by atoms with Gasteiger partial charge in [0.25, 0.3) is 0 Å². The van der Waals surface area contributed by atoms with Gasteiger partial charge in [0, 0.05) is 19.1 Å². The van der Waals surface area contributed by atoms with Crippen molar-refractivity contribution in [3.63, 3.8) is 0 Å². The number of benzene rings is 1. The number of rotatable bonds is 5. The molecule has 1 aliphatic rings. The van der Waals surface area contributed by atoms with E-state index in [-0.39, 0.29) is 24.4 Å². The maximum atomic E-state index is 12.1. The van der Waals surface area contributed by atoms with Gasteiger partial charge in [0.1, 0.15) is 5.75 Å². The molecule has 1 aliphatic heterocycles. The quantitative estimate of drug-likeness (QED) is 0.890. The van der Waals surface area contributed by atoms with Crippen LogP contribution in [0.1, 0.15) is 26.2 Å². The number of ether oxygens (including phenoxy) is 1. The minimum absolute atomic E-state index is 0. The number of amides is 1. The van der Waals surface area contributed by atoms with Crippen LogP contribution in [-0.4, -0.2) is 36.5 Å². The van der Waals surface area contributed by atoms with Gasteiger partial charge in [-0.3, -0.25) is 4.79 Å². The van der Waals surface area contributed by atoms with Crippen molar-refractivity contribution in [3.8, 4) is 5.75 Å². The summed E-state index contributed by atoms with van der Waals surface area (Å²) >= 11 is 6.00. The summed E-state index contributed by atoms with van der Waals surface area (Å²) in [6.07, 6.45) is 2.37. The Balaban J connectivity index is 0.00000242.